The Kier molecular flexibility index (Phi) is 4.66. The number of esters is 1. The molecule has 0 fully saturated rings. The van der Waals surface area contributed by atoms with Gasteiger partial charge in [-0.05, 0) is 6.42 Å². The number of nitrogens with one attached hydrogen (secondary N) is 1. The summed E-state index contributed by atoms with van der Waals surface area (Å²) in [5.74, 6) is -0.147. The molecule has 0 saturated carbocycles. The van der Waals surface area contributed by atoms with E-state index in [2.05, 4.69) is 17.1 Å². The molecule has 15 heavy (non-hydrogen) atoms. The van der Waals surface area contributed by atoms with Crippen molar-refractivity contribution in [1.82, 2.24) is 10.2 Å². The molecule has 0 aliphatic heterocycles. The highest BCUT2D eigenvalue weighted by atomic mass is 16.5. The van der Waals surface area contributed by atoms with Crippen LogP contribution in [0.25, 0.3) is 0 Å². The summed E-state index contributed by atoms with van der Waals surface area (Å²) in [6.07, 6.45) is 5.71. The Morgan fingerprint density at radius 2 is 2.33 bits per heavy atom. The zero-order valence-electron chi connectivity index (χ0n) is 8.95. The first kappa shape index (κ1) is 11.6. The second kappa shape index (κ2) is 6.06. The smallest absolute Gasteiger partial charge is 0.343 e. The molecule has 0 aliphatic carbocycles. The summed E-state index contributed by atoms with van der Waals surface area (Å²) in [4.78, 5) is 11.4. The van der Waals surface area contributed by atoms with Crippen LogP contribution in [0, 0.1) is 0 Å². The van der Waals surface area contributed by atoms with Crippen molar-refractivity contribution in [2.45, 2.75) is 32.6 Å². The first-order valence-corrected chi connectivity index (χ1v) is 5.21. The number of rotatable bonds is 6. The molecule has 3 N–H and O–H groups in total. The highest BCUT2D eigenvalue weighted by Gasteiger charge is 2.12. The van der Waals surface area contributed by atoms with Crippen LogP contribution in [-0.2, 0) is 4.74 Å². The molecule has 0 unspecified atom stereocenters. The number of carbonyl (C=O) groups is 1. The summed E-state index contributed by atoms with van der Waals surface area (Å²) in [5.41, 5.74) is 5.79. The van der Waals surface area contributed by atoms with E-state index < -0.39 is 5.97 Å². The predicted molar refractivity (Wildman–Crippen MR) is 57.4 cm³/mol. The second-order valence-corrected chi connectivity index (χ2v) is 3.39. The third kappa shape index (κ3) is 3.61. The number of anilines is 1. The first-order valence-electron chi connectivity index (χ1n) is 5.21. The van der Waals surface area contributed by atoms with Gasteiger partial charge in [0.15, 0.2) is 0 Å². The number of nitrogens with zero attached hydrogens (tertiary/aromatic N) is 1. The topological polar surface area (TPSA) is 81.0 Å². The van der Waals surface area contributed by atoms with Crippen LogP contribution in [0.5, 0.6) is 0 Å². The molecule has 1 heterocycles. The number of hydrogen-bond donors (Lipinski definition) is 2. The molecular formula is C10H17N3O2. The van der Waals surface area contributed by atoms with Crippen molar-refractivity contribution in [3.63, 3.8) is 0 Å². The number of ether oxygens (including phenoxy) is 1. The maximum absolute atomic E-state index is 11.4. The van der Waals surface area contributed by atoms with E-state index >= 15 is 0 Å². The van der Waals surface area contributed by atoms with Crippen molar-refractivity contribution in [3.8, 4) is 0 Å². The van der Waals surface area contributed by atoms with Gasteiger partial charge in [-0.15, -0.1) is 0 Å². The Hall–Kier alpha value is -1.52. The Balaban J connectivity index is 2.22. The summed E-state index contributed by atoms with van der Waals surface area (Å²) in [5, 5.41) is 6.14. The van der Waals surface area contributed by atoms with Gasteiger partial charge in [0, 0.05) is 0 Å². The lowest BCUT2D eigenvalue weighted by atomic mass is 10.2. The number of H-pyrrole nitrogens is 1. The Morgan fingerprint density at radius 1 is 1.53 bits per heavy atom. The Labute approximate surface area is 89.0 Å². The van der Waals surface area contributed by atoms with Gasteiger partial charge < -0.3 is 10.5 Å². The van der Waals surface area contributed by atoms with Crippen molar-refractivity contribution < 1.29 is 9.53 Å². The minimum Gasteiger partial charge on any atom is -0.462 e. The molecule has 5 heteroatoms. The quantitative estimate of drug-likeness (QED) is 0.554. The number of nitrogens with two attached hydrogens (primary N) is 1. The zero-order valence-corrected chi connectivity index (χ0v) is 8.95. The minimum atomic E-state index is -0.405. The Morgan fingerprint density at radius 3 is 2.93 bits per heavy atom. The molecule has 0 aliphatic rings. The largest absolute Gasteiger partial charge is 0.462 e. The fraction of sp³-hybridized carbons (Fsp3) is 0.600. The van der Waals surface area contributed by atoms with E-state index in [-0.39, 0.29) is 5.82 Å². The third-order valence-electron chi connectivity index (χ3n) is 2.12. The minimum absolute atomic E-state index is 0.258. The molecule has 1 aromatic heterocycles. The number of carbonyl (C=O) groups excluding carboxylic acids is 1. The molecule has 0 bridgehead atoms. The summed E-state index contributed by atoms with van der Waals surface area (Å²) < 4.78 is 5.03. The van der Waals surface area contributed by atoms with E-state index in [9.17, 15) is 4.79 Å². The van der Waals surface area contributed by atoms with Crippen LogP contribution in [0.1, 0.15) is 43.0 Å². The molecule has 0 saturated heterocycles. The second-order valence-electron chi connectivity index (χ2n) is 3.39. The van der Waals surface area contributed by atoms with E-state index in [0.29, 0.717) is 12.2 Å². The summed E-state index contributed by atoms with van der Waals surface area (Å²) in [6.45, 7) is 2.58. The van der Waals surface area contributed by atoms with Gasteiger partial charge in [-0.25, -0.2) is 4.79 Å². The SMILES string of the molecule is CCCCCCOC(=O)c1cn[nH]c1N. The van der Waals surface area contributed by atoms with Crippen LogP contribution >= 0.6 is 0 Å². The third-order valence-corrected chi connectivity index (χ3v) is 2.12. The fourth-order valence-corrected chi connectivity index (χ4v) is 1.23. The molecule has 84 valence electrons. The van der Waals surface area contributed by atoms with Crippen LogP contribution in [0.3, 0.4) is 0 Å². The van der Waals surface area contributed by atoms with Crippen molar-refractivity contribution >= 4 is 11.8 Å². The number of nitrogen functional groups attached to an aromatic ring is 1. The van der Waals surface area contributed by atoms with Crippen molar-refractivity contribution in [2.24, 2.45) is 0 Å². The molecule has 0 radical (unpaired) electrons. The van der Waals surface area contributed by atoms with Gasteiger partial charge in [0.1, 0.15) is 11.4 Å². The predicted octanol–water partition coefficient (Wildman–Crippen LogP) is 1.73. The maximum Gasteiger partial charge on any atom is 0.343 e. The van der Waals surface area contributed by atoms with E-state index in [4.69, 9.17) is 10.5 Å². The molecule has 0 amide bonds. The fourth-order valence-electron chi connectivity index (χ4n) is 1.23. The van der Waals surface area contributed by atoms with E-state index in [0.717, 1.165) is 12.8 Å². The standard InChI is InChI=1S/C10H17N3O2/c1-2-3-4-5-6-15-10(14)8-7-12-13-9(8)11/h7H,2-6H2,1H3,(H3,11,12,13). The lowest BCUT2D eigenvalue weighted by molar-refractivity contribution is 0.0499. The Bertz CT molecular complexity index is 309. The lowest BCUT2D eigenvalue weighted by Gasteiger charge is -2.02. The van der Waals surface area contributed by atoms with Gasteiger partial charge in [0.25, 0.3) is 0 Å². The normalized spacial score (nSPS) is 10.2. The van der Waals surface area contributed by atoms with Crippen LogP contribution in [0.15, 0.2) is 6.20 Å². The van der Waals surface area contributed by atoms with Crippen LogP contribution in [-0.4, -0.2) is 22.8 Å². The van der Waals surface area contributed by atoms with Crippen molar-refractivity contribution in [3.05, 3.63) is 11.8 Å². The highest BCUT2D eigenvalue weighted by Crippen LogP contribution is 2.08. The van der Waals surface area contributed by atoms with Gasteiger partial charge in [-0.1, -0.05) is 26.2 Å². The molecule has 5 nitrogen and oxygen atoms in total. The average Bonchev–Trinajstić information content (AvgIpc) is 2.64. The molecule has 0 aromatic carbocycles. The first-order chi connectivity index (χ1) is 7.25. The maximum atomic E-state index is 11.4. The van der Waals surface area contributed by atoms with Crippen LogP contribution < -0.4 is 5.73 Å². The summed E-state index contributed by atoms with van der Waals surface area (Å²) >= 11 is 0. The van der Waals surface area contributed by atoms with Crippen LogP contribution in [0.4, 0.5) is 5.82 Å². The van der Waals surface area contributed by atoms with E-state index in [1.807, 2.05) is 0 Å². The lowest BCUT2D eigenvalue weighted by Crippen LogP contribution is -2.07. The molecule has 1 rings (SSSR count). The molecule has 0 atom stereocenters. The van der Waals surface area contributed by atoms with Gasteiger partial charge in [0.05, 0.1) is 12.8 Å². The van der Waals surface area contributed by atoms with E-state index in [1.54, 1.807) is 0 Å². The molecular weight excluding hydrogens is 194 g/mol. The zero-order chi connectivity index (χ0) is 11.1. The van der Waals surface area contributed by atoms with Gasteiger partial charge in [-0.2, -0.15) is 5.10 Å². The number of aromatic nitrogens is 2. The highest BCUT2D eigenvalue weighted by molar-refractivity contribution is 5.93. The average molecular weight is 211 g/mol. The summed E-state index contributed by atoms with van der Waals surface area (Å²) in [7, 11) is 0. The molecule has 1 aromatic rings. The number of aromatic amines is 1. The van der Waals surface area contributed by atoms with Gasteiger partial charge >= 0.3 is 5.97 Å². The number of unbranched alkanes of at least 4 members (excludes halogenated alkanes) is 3. The summed E-state index contributed by atoms with van der Waals surface area (Å²) in [6, 6.07) is 0. The monoisotopic (exact) mass is 211 g/mol. The van der Waals surface area contributed by atoms with Crippen molar-refractivity contribution in [2.75, 3.05) is 12.3 Å². The van der Waals surface area contributed by atoms with Gasteiger partial charge in [-0.3, -0.25) is 5.10 Å². The van der Waals surface area contributed by atoms with Crippen LogP contribution in [0.2, 0.25) is 0 Å². The van der Waals surface area contributed by atoms with Gasteiger partial charge in [0.2, 0.25) is 0 Å². The molecule has 0 spiro atoms. The van der Waals surface area contributed by atoms with Crippen molar-refractivity contribution in [1.29, 1.82) is 0 Å². The number of hydrogen-bond acceptors (Lipinski definition) is 4. The van der Waals surface area contributed by atoms with E-state index in [1.165, 1.54) is 19.0 Å².